The number of H-pyrrole nitrogens is 2. The zero-order chi connectivity index (χ0) is 27.6. The number of hydrogen-bond acceptors (Lipinski definition) is 4. The van der Waals surface area contributed by atoms with Crippen molar-refractivity contribution >= 4 is 61.6 Å². The van der Waals surface area contributed by atoms with Crippen LogP contribution in [0.4, 0.5) is 9.59 Å². The summed E-state index contributed by atoms with van der Waals surface area (Å²) >= 11 is 3.52. The van der Waals surface area contributed by atoms with Crippen molar-refractivity contribution in [2.75, 3.05) is 28.2 Å². The van der Waals surface area contributed by atoms with Gasteiger partial charge in [0.05, 0.1) is 11.6 Å². The summed E-state index contributed by atoms with van der Waals surface area (Å²) in [5.41, 5.74) is 0.463. The first-order valence-corrected chi connectivity index (χ1v) is 13.3. The minimum absolute atomic E-state index is 0.173. The van der Waals surface area contributed by atoms with Crippen LogP contribution in [0.15, 0.2) is 53.1 Å². The quantitative estimate of drug-likeness (QED) is 0.330. The number of likely N-dealkylation sites (N-methyl/N-ethyl adjacent to an activating group) is 4. The van der Waals surface area contributed by atoms with Crippen LogP contribution < -0.4 is 0 Å². The standard InChI is InChI=1S/C28H25BrN6O4/c1-32-23(36)27(34(3)25(32)38)12-17-15-7-5-6-8-19(15)31-22(17)28(24(37)33(2)26(39)35(28)4)21(27)18-13-30-20-11-14(29)9-10-16(18)20/h5-11,13,21,30-31H,12H2,1-4H3. The van der Waals surface area contributed by atoms with E-state index >= 15 is 0 Å². The lowest BCUT2D eigenvalue weighted by Gasteiger charge is -2.52. The first-order chi connectivity index (χ1) is 18.6. The molecule has 2 aliphatic heterocycles. The molecule has 2 spiro atoms. The second-order valence-electron chi connectivity index (χ2n) is 10.7. The van der Waals surface area contributed by atoms with Crippen molar-refractivity contribution in [1.82, 2.24) is 29.6 Å². The monoisotopic (exact) mass is 588 g/mol. The fraction of sp³-hybridized carbons (Fsp3) is 0.286. The number of halogens is 1. The second kappa shape index (κ2) is 7.50. The van der Waals surface area contributed by atoms with Crippen molar-refractivity contribution in [2.24, 2.45) is 0 Å². The molecule has 2 aromatic carbocycles. The Balaban J connectivity index is 1.68. The van der Waals surface area contributed by atoms with E-state index in [4.69, 9.17) is 0 Å². The molecule has 6 amide bonds. The van der Waals surface area contributed by atoms with Crippen LogP contribution in [-0.2, 0) is 21.5 Å². The van der Waals surface area contributed by atoms with Crippen LogP contribution in [0.25, 0.3) is 21.8 Å². The van der Waals surface area contributed by atoms with Gasteiger partial charge in [0.1, 0.15) is 5.54 Å². The third kappa shape index (κ3) is 2.56. The number of urea groups is 2. The molecule has 0 saturated carbocycles. The third-order valence-electron chi connectivity index (χ3n) is 9.10. The zero-order valence-corrected chi connectivity index (χ0v) is 23.3. The molecular weight excluding hydrogens is 564 g/mol. The number of para-hydroxylation sites is 1. The fourth-order valence-electron chi connectivity index (χ4n) is 7.29. The van der Waals surface area contributed by atoms with Gasteiger partial charge in [-0.05, 0) is 29.3 Å². The van der Waals surface area contributed by atoms with Gasteiger partial charge >= 0.3 is 12.1 Å². The molecule has 10 nitrogen and oxygen atoms in total. The molecule has 2 N–H and O–H groups in total. The van der Waals surface area contributed by atoms with E-state index in [1.807, 2.05) is 42.5 Å². The molecule has 1 aliphatic carbocycles. The summed E-state index contributed by atoms with van der Waals surface area (Å²) in [5, 5.41) is 1.65. The average molecular weight is 589 g/mol. The van der Waals surface area contributed by atoms with E-state index in [1.54, 1.807) is 20.3 Å². The molecule has 7 rings (SSSR count). The Labute approximate surface area is 231 Å². The highest BCUT2D eigenvalue weighted by molar-refractivity contribution is 9.10. The molecule has 0 bridgehead atoms. The molecule has 4 heterocycles. The van der Waals surface area contributed by atoms with Crippen LogP contribution in [0, 0.1) is 0 Å². The van der Waals surface area contributed by atoms with Gasteiger partial charge in [-0.3, -0.25) is 19.4 Å². The Kier molecular flexibility index (Phi) is 4.61. The Morgan fingerprint density at radius 3 is 2.21 bits per heavy atom. The summed E-state index contributed by atoms with van der Waals surface area (Å²) in [7, 11) is 6.14. The van der Waals surface area contributed by atoms with Gasteiger partial charge in [0, 0.05) is 67.1 Å². The molecule has 3 unspecified atom stereocenters. The first kappa shape index (κ1) is 24.0. The minimum Gasteiger partial charge on any atom is -0.361 e. The number of rotatable bonds is 1. The normalized spacial score (nSPS) is 26.9. The van der Waals surface area contributed by atoms with Gasteiger partial charge in [0.25, 0.3) is 11.8 Å². The lowest BCUT2D eigenvalue weighted by atomic mass is 9.58. The van der Waals surface area contributed by atoms with E-state index in [2.05, 4.69) is 25.9 Å². The summed E-state index contributed by atoms with van der Waals surface area (Å²) in [5.74, 6) is -1.80. The number of hydrogen-bond donors (Lipinski definition) is 2. The van der Waals surface area contributed by atoms with Gasteiger partial charge in [-0.25, -0.2) is 9.59 Å². The summed E-state index contributed by atoms with van der Waals surface area (Å²) in [6.45, 7) is 0. The Morgan fingerprint density at radius 1 is 0.846 bits per heavy atom. The van der Waals surface area contributed by atoms with Gasteiger partial charge in [0.15, 0.2) is 5.54 Å². The number of carbonyl (C=O) groups is 4. The number of imide groups is 2. The summed E-state index contributed by atoms with van der Waals surface area (Å²) < 4.78 is 0.863. The molecule has 4 aromatic rings. The molecule has 3 atom stereocenters. The van der Waals surface area contributed by atoms with Crippen LogP contribution in [0.5, 0.6) is 0 Å². The van der Waals surface area contributed by atoms with E-state index in [1.165, 1.54) is 23.9 Å². The van der Waals surface area contributed by atoms with E-state index in [9.17, 15) is 19.2 Å². The predicted molar refractivity (Wildman–Crippen MR) is 147 cm³/mol. The number of amides is 6. The lowest BCUT2D eigenvalue weighted by molar-refractivity contribution is -0.142. The number of carbonyl (C=O) groups excluding carboxylic acids is 4. The predicted octanol–water partition coefficient (Wildman–Crippen LogP) is 3.73. The third-order valence-corrected chi connectivity index (χ3v) is 9.60. The van der Waals surface area contributed by atoms with E-state index in [0.717, 1.165) is 41.6 Å². The summed E-state index contributed by atoms with van der Waals surface area (Å²) in [4.78, 5) is 67.9. The SMILES string of the molecule is CN1C(=O)N(C)C2(Cc3c([nH]c4ccccc34)C3(C(=O)N(C)C(=O)N3C)C2c2c[nH]c3cc(Br)ccc23)C1=O. The maximum Gasteiger partial charge on any atom is 0.327 e. The summed E-state index contributed by atoms with van der Waals surface area (Å²) in [6, 6.07) is 12.4. The van der Waals surface area contributed by atoms with Gasteiger partial charge in [-0.15, -0.1) is 0 Å². The highest BCUT2D eigenvalue weighted by atomic mass is 79.9. The van der Waals surface area contributed by atoms with Gasteiger partial charge in [0.2, 0.25) is 0 Å². The Morgan fingerprint density at radius 2 is 1.54 bits per heavy atom. The zero-order valence-electron chi connectivity index (χ0n) is 21.7. The molecule has 2 aromatic heterocycles. The second-order valence-corrected chi connectivity index (χ2v) is 11.6. The van der Waals surface area contributed by atoms with Crippen molar-refractivity contribution in [3.63, 3.8) is 0 Å². The molecule has 39 heavy (non-hydrogen) atoms. The van der Waals surface area contributed by atoms with Crippen molar-refractivity contribution < 1.29 is 19.2 Å². The summed E-state index contributed by atoms with van der Waals surface area (Å²) in [6.07, 6.45) is 1.97. The van der Waals surface area contributed by atoms with E-state index in [0.29, 0.717) is 11.3 Å². The van der Waals surface area contributed by atoms with Crippen molar-refractivity contribution in [3.8, 4) is 0 Å². The van der Waals surface area contributed by atoms with Crippen molar-refractivity contribution in [1.29, 1.82) is 0 Å². The first-order valence-electron chi connectivity index (χ1n) is 12.5. The van der Waals surface area contributed by atoms with Gasteiger partial charge in [-0.2, -0.15) is 0 Å². The fourth-order valence-corrected chi connectivity index (χ4v) is 7.65. The Hall–Kier alpha value is -4.12. The molecule has 198 valence electrons. The highest BCUT2D eigenvalue weighted by Crippen LogP contribution is 2.61. The molecule has 11 heteroatoms. The topological polar surface area (TPSA) is 113 Å². The smallest absolute Gasteiger partial charge is 0.327 e. The highest BCUT2D eigenvalue weighted by Gasteiger charge is 2.75. The average Bonchev–Trinajstić information content (AvgIpc) is 3.60. The van der Waals surface area contributed by atoms with Crippen LogP contribution in [0.1, 0.15) is 22.7 Å². The van der Waals surface area contributed by atoms with Crippen LogP contribution in [0.3, 0.4) is 0 Å². The maximum atomic E-state index is 14.6. The van der Waals surface area contributed by atoms with Crippen molar-refractivity contribution in [2.45, 2.75) is 23.4 Å². The molecule has 3 aliphatic rings. The molecule has 2 fully saturated rings. The number of nitrogens with zero attached hydrogens (tertiary/aromatic N) is 4. The number of fused-ring (bicyclic) bond motifs is 5. The lowest BCUT2D eigenvalue weighted by Crippen LogP contribution is -2.67. The number of benzene rings is 2. The van der Waals surface area contributed by atoms with Gasteiger partial charge < -0.3 is 19.8 Å². The molecule has 2 saturated heterocycles. The minimum atomic E-state index is -1.63. The van der Waals surface area contributed by atoms with Crippen LogP contribution in [0.2, 0.25) is 0 Å². The van der Waals surface area contributed by atoms with E-state index < -0.39 is 40.9 Å². The number of aromatic amines is 2. The van der Waals surface area contributed by atoms with Gasteiger partial charge in [-0.1, -0.05) is 40.2 Å². The largest absolute Gasteiger partial charge is 0.361 e. The molecular formula is C28H25BrN6O4. The number of nitrogens with one attached hydrogen (secondary N) is 2. The van der Waals surface area contributed by atoms with E-state index in [-0.39, 0.29) is 6.42 Å². The molecule has 0 radical (unpaired) electrons. The number of aromatic nitrogens is 2. The Bertz CT molecular complexity index is 1790. The van der Waals surface area contributed by atoms with Crippen LogP contribution in [-0.4, -0.2) is 87.2 Å². The maximum absolute atomic E-state index is 14.6. The van der Waals surface area contributed by atoms with Crippen LogP contribution >= 0.6 is 15.9 Å². The van der Waals surface area contributed by atoms with Crippen molar-refractivity contribution in [3.05, 3.63) is 70.0 Å².